The second-order valence-electron chi connectivity index (χ2n) is 3.42. The van der Waals surface area contributed by atoms with Gasteiger partial charge in [0.05, 0.1) is 9.82 Å². The molecule has 0 aliphatic rings. The lowest BCUT2D eigenvalue weighted by atomic mass is 10.3. The maximum atomic E-state index is 10.9. The second kappa shape index (κ2) is 4.54. The Morgan fingerprint density at radius 3 is 2.65 bits per heavy atom. The Labute approximate surface area is 102 Å². The Hall–Kier alpha value is -1.89. The summed E-state index contributed by atoms with van der Waals surface area (Å²) in [5.74, 6) is 0.770. The maximum absolute atomic E-state index is 10.9. The molecule has 0 saturated heterocycles. The van der Waals surface area contributed by atoms with E-state index >= 15 is 0 Å². The van der Waals surface area contributed by atoms with Crippen molar-refractivity contribution >= 4 is 17.4 Å². The van der Waals surface area contributed by atoms with Crippen LogP contribution in [0.2, 0.25) is 0 Å². The molecule has 0 bridgehead atoms. The average Bonchev–Trinajstić information content (AvgIpc) is 2.61. The van der Waals surface area contributed by atoms with Crippen LogP contribution >= 0.6 is 11.8 Å². The van der Waals surface area contributed by atoms with E-state index in [-0.39, 0.29) is 5.69 Å². The maximum Gasteiger partial charge on any atom is 0.283 e. The summed E-state index contributed by atoms with van der Waals surface area (Å²) in [5.41, 5.74) is 0.0816. The summed E-state index contributed by atoms with van der Waals surface area (Å²) in [5, 5.41) is 19.4. The van der Waals surface area contributed by atoms with E-state index in [9.17, 15) is 10.1 Å². The van der Waals surface area contributed by atoms with E-state index in [2.05, 4.69) is 10.2 Å². The van der Waals surface area contributed by atoms with Gasteiger partial charge in [0.1, 0.15) is 5.82 Å². The van der Waals surface area contributed by atoms with Gasteiger partial charge in [-0.1, -0.05) is 12.1 Å². The van der Waals surface area contributed by atoms with Crippen LogP contribution in [0.5, 0.6) is 0 Å². The first-order chi connectivity index (χ1) is 8.09. The second-order valence-corrected chi connectivity index (χ2v) is 4.42. The largest absolute Gasteiger partial charge is 0.309 e. The van der Waals surface area contributed by atoms with Gasteiger partial charge in [0.2, 0.25) is 0 Å². The molecule has 0 saturated carbocycles. The van der Waals surface area contributed by atoms with E-state index in [0.29, 0.717) is 10.1 Å². The molecule has 1 heterocycles. The third-order valence-electron chi connectivity index (χ3n) is 2.32. The van der Waals surface area contributed by atoms with Crippen LogP contribution < -0.4 is 0 Å². The fourth-order valence-corrected chi connectivity index (χ4v) is 2.21. The van der Waals surface area contributed by atoms with E-state index in [0.717, 1.165) is 5.82 Å². The molecular weight excluding hydrogens is 240 g/mol. The van der Waals surface area contributed by atoms with Crippen molar-refractivity contribution in [2.45, 2.75) is 17.0 Å². The van der Waals surface area contributed by atoms with Crippen LogP contribution in [0.25, 0.3) is 0 Å². The Morgan fingerprint density at radius 1 is 1.35 bits per heavy atom. The lowest BCUT2D eigenvalue weighted by molar-refractivity contribution is -0.387. The zero-order valence-corrected chi connectivity index (χ0v) is 10.1. The molecule has 0 N–H and O–H groups in total. The Bertz CT molecular complexity index is 567. The predicted molar refractivity (Wildman–Crippen MR) is 63.0 cm³/mol. The number of aromatic nitrogens is 3. The summed E-state index contributed by atoms with van der Waals surface area (Å²) in [4.78, 5) is 11.0. The summed E-state index contributed by atoms with van der Waals surface area (Å²) < 4.78 is 1.79. The summed E-state index contributed by atoms with van der Waals surface area (Å²) in [7, 11) is 1.83. The number of hydrogen-bond donors (Lipinski definition) is 0. The minimum Gasteiger partial charge on any atom is -0.309 e. The number of nitro groups is 1. The van der Waals surface area contributed by atoms with Gasteiger partial charge in [-0.3, -0.25) is 10.1 Å². The number of rotatable bonds is 3. The van der Waals surface area contributed by atoms with E-state index < -0.39 is 4.92 Å². The number of para-hydroxylation sites is 1. The number of hydrogen-bond acceptors (Lipinski definition) is 5. The predicted octanol–water partition coefficient (Wildman–Crippen LogP) is 2.18. The van der Waals surface area contributed by atoms with Gasteiger partial charge in [0.15, 0.2) is 5.16 Å². The van der Waals surface area contributed by atoms with E-state index in [1.165, 1.54) is 17.8 Å². The van der Waals surface area contributed by atoms with Crippen LogP contribution in [-0.2, 0) is 7.05 Å². The minimum absolute atomic E-state index is 0.0816. The molecule has 0 aliphatic carbocycles. The van der Waals surface area contributed by atoms with Gasteiger partial charge in [-0.25, -0.2) is 0 Å². The molecule has 17 heavy (non-hydrogen) atoms. The molecule has 0 amide bonds. The summed E-state index contributed by atoms with van der Waals surface area (Å²) in [6, 6.07) is 6.58. The molecule has 2 aromatic rings. The van der Waals surface area contributed by atoms with Crippen molar-refractivity contribution in [2.24, 2.45) is 7.05 Å². The molecule has 0 radical (unpaired) electrons. The Balaban J connectivity index is 2.36. The zero-order chi connectivity index (χ0) is 12.4. The van der Waals surface area contributed by atoms with Crippen molar-refractivity contribution in [3.8, 4) is 0 Å². The molecule has 0 fully saturated rings. The fourth-order valence-electron chi connectivity index (χ4n) is 1.27. The topological polar surface area (TPSA) is 73.8 Å². The number of nitro benzene ring substituents is 1. The van der Waals surface area contributed by atoms with Crippen LogP contribution in [0.3, 0.4) is 0 Å². The molecule has 0 unspecified atom stereocenters. The summed E-state index contributed by atoms with van der Waals surface area (Å²) >= 11 is 1.24. The normalized spacial score (nSPS) is 10.5. The highest BCUT2D eigenvalue weighted by molar-refractivity contribution is 7.99. The van der Waals surface area contributed by atoms with Crippen LogP contribution in [0.1, 0.15) is 5.82 Å². The molecule has 7 heteroatoms. The van der Waals surface area contributed by atoms with Gasteiger partial charge < -0.3 is 4.57 Å². The Kier molecular flexibility index (Phi) is 3.10. The van der Waals surface area contributed by atoms with Crippen LogP contribution in [0, 0.1) is 17.0 Å². The van der Waals surface area contributed by atoms with Crippen LogP contribution in [-0.4, -0.2) is 19.7 Å². The SMILES string of the molecule is Cc1nnc(Sc2ccccc2[N+](=O)[O-])n1C. The van der Waals surface area contributed by atoms with E-state index in [1.54, 1.807) is 22.8 Å². The number of nitrogens with zero attached hydrogens (tertiary/aromatic N) is 4. The Morgan fingerprint density at radius 2 is 2.06 bits per heavy atom. The molecule has 2 rings (SSSR count). The quantitative estimate of drug-likeness (QED) is 0.616. The average molecular weight is 250 g/mol. The monoisotopic (exact) mass is 250 g/mol. The number of aryl methyl sites for hydroxylation is 1. The molecule has 1 aromatic heterocycles. The number of benzene rings is 1. The molecule has 6 nitrogen and oxygen atoms in total. The highest BCUT2D eigenvalue weighted by Crippen LogP contribution is 2.33. The van der Waals surface area contributed by atoms with E-state index in [4.69, 9.17) is 0 Å². The highest BCUT2D eigenvalue weighted by atomic mass is 32.2. The van der Waals surface area contributed by atoms with Crippen molar-refractivity contribution in [2.75, 3.05) is 0 Å². The van der Waals surface area contributed by atoms with Crippen LogP contribution in [0.15, 0.2) is 34.3 Å². The first kappa shape index (κ1) is 11.6. The van der Waals surface area contributed by atoms with Crippen molar-refractivity contribution in [1.82, 2.24) is 14.8 Å². The lowest BCUT2D eigenvalue weighted by Gasteiger charge is -2.02. The fraction of sp³-hybridized carbons (Fsp3) is 0.200. The van der Waals surface area contributed by atoms with Crippen molar-refractivity contribution < 1.29 is 4.92 Å². The lowest BCUT2D eigenvalue weighted by Crippen LogP contribution is -1.95. The molecule has 0 atom stereocenters. The van der Waals surface area contributed by atoms with Crippen molar-refractivity contribution in [1.29, 1.82) is 0 Å². The van der Waals surface area contributed by atoms with Gasteiger partial charge in [-0.2, -0.15) is 0 Å². The molecule has 1 aromatic carbocycles. The van der Waals surface area contributed by atoms with Gasteiger partial charge >= 0.3 is 0 Å². The van der Waals surface area contributed by atoms with Crippen molar-refractivity contribution in [3.63, 3.8) is 0 Å². The van der Waals surface area contributed by atoms with Crippen LogP contribution in [0.4, 0.5) is 5.69 Å². The molecular formula is C10H10N4O2S. The standard InChI is InChI=1S/C10H10N4O2S/c1-7-11-12-10(13(7)2)17-9-6-4-3-5-8(9)14(15)16/h3-6H,1-2H3. The van der Waals surface area contributed by atoms with Gasteiger partial charge in [-0.05, 0) is 24.8 Å². The minimum atomic E-state index is -0.397. The molecule has 0 spiro atoms. The first-order valence-electron chi connectivity index (χ1n) is 4.87. The summed E-state index contributed by atoms with van der Waals surface area (Å²) in [6.45, 7) is 1.83. The van der Waals surface area contributed by atoms with Gasteiger partial charge in [0, 0.05) is 13.1 Å². The third kappa shape index (κ3) is 2.28. The molecule has 0 aliphatic heterocycles. The van der Waals surface area contributed by atoms with Gasteiger partial charge in [-0.15, -0.1) is 10.2 Å². The third-order valence-corrected chi connectivity index (χ3v) is 3.42. The van der Waals surface area contributed by atoms with Crippen molar-refractivity contribution in [3.05, 3.63) is 40.2 Å². The van der Waals surface area contributed by atoms with Gasteiger partial charge in [0.25, 0.3) is 5.69 Å². The highest BCUT2D eigenvalue weighted by Gasteiger charge is 2.16. The zero-order valence-electron chi connectivity index (χ0n) is 9.32. The van der Waals surface area contributed by atoms with E-state index in [1.807, 2.05) is 14.0 Å². The smallest absolute Gasteiger partial charge is 0.283 e. The first-order valence-corrected chi connectivity index (χ1v) is 5.68. The molecule has 88 valence electrons. The summed E-state index contributed by atoms with van der Waals surface area (Å²) in [6.07, 6.45) is 0.